The predicted molar refractivity (Wildman–Crippen MR) is 56.6 cm³/mol. The van der Waals surface area contributed by atoms with Gasteiger partial charge in [0.2, 0.25) is 5.91 Å². The summed E-state index contributed by atoms with van der Waals surface area (Å²) in [5.41, 5.74) is 0.577. The van der Waals surface area contributed by atoms with E-state index in [1.165, 1.54) is 0 Å². The Kier molecular flexibility index (Phi) is 3.88. The number of rotatable bonds is 3. The number of amides is 1. The van der Waals surface area contributed by atoms with E-state index in [1.54, 1.807) is 30.3 Å². The smallest absolute Gasteiger partial charge is 0.347 e. The number of carbonyl (C=O) groups is 2. The fraction of sp³-hybridized carbons (Fsp3) is 0. The van der Waals surface area contributed by atoms with Crippen molar-refractivity contribution in [3.05, 3.63) is 41.4 Å². The van der Waals surface area contributed by atoms with Crippen molar-refractivity contribution < 1.29 is 14.7 Å². The highest BCUT2D eigenvalue weighted by Crippen LogP contribution is 2.06. The molecule has 0 aliphatic rings. The molecule has 0 unspecified atom stereocenters. The van der Waals surface area contributed by atoms with Crippen LogP contribution in [0.25, 0.3) is 0 Å². The zero-order chi connectivity index (χ0) is 11.3. The molecule has 0 bridgehead atoms. The van der Waals surface area contributed by atoms with Crippen LogP contribution in [0.15, 0.2) is 41.4 Å². The summed E-state index contributed by atoms with van der Waals surface area (Å²) in [4.78, 5) is 21.5. The lowest BCUT2D eigenvalue weighted by molar-refractivity contribution is -0.132. The van der Waals surface area contributed by atoms with E-state index in [4.69, 9.17) is 16.7 Å². The fourth-order valence-corrected chi connectivity index (χ4v) is 0.976. The maximum absolute atomic E-state index is 11.2. The fourth-order valence-electron chi connectivity index (χ4n) is 0.877. The summed E-state index contributed by atoms with van der Waals surface area (Å²) >= 11 is 5.28. The summed E-state index contributed by atoms with van der Waals surface area (Å²) in [5, 5.41) is 10.4. The van der Waals surface area contributed by atoms with Gasteiger partial charge in [0.25, 0.3) is 0 Å². The standard InChI is InChI=1S/C10H8ClNO3/c11-8(10(14)15)6-9(13)12-7-4-2-1-3-5-7/h1-6H,(H,12,13)(H,14,15). The molecule has 0 aliphatic heterocycles. The van der Waals surface area contributed by atoms with Crippen molar-refractivity contribution in [1.82, 2.24) is 0 Å². The maximum Gasteiger partial charge on any atom is 0.347 e. The Balaban J connectivity index is 2.65. The van der Waals surface area contributed by atoms with Gasteiger partial charge in [-0.05, 0) is 12.1 Å². The van der Waals surface area contributed by atoms with Gasteiger partial charge in [0.1, 0.15) is 5.03 Å². The molecule has 0 radical (unpaired) electrons. The lowest BCUT2D eigenvalue weighted by atomic mass is 10.3. The van der Waals surface area contributed by atoms with Gasteiger partial charge in [-0.15, -0.1) is 0 Å². The zero-order valence-corrected chi connectivity index (χ0v) is 8.36. The van der Waals surface area contributed by atoms with E-state index in [9.17, 15) is 9.59 Å². The van der Waals surface area contributed by atoms with Crippen LogP contribution in [0.5, 0.6) is 0 Å². The van der Waals surface area contributed by atoms with Crippen molar-refractivity contribution in [1.29, 1.82) is 0 Å². The second kappa shape index (κ2) is 5.17. The van der Waals surface area contributed by atoms with Gasteiger partial charge in [0, 0.05) is 11.8 Å². The monoisotopic (exact) mass is 225 g/mol. The van der Waals surface area contributed by atoms with Crippen LogP contribution in [0, 0.1) is 0 Å². The molecule has 78 valence electrons. The quantitative estimate of drug-likeness (QED) is 0.772. The predicted octanol–water partition coefficient (Wildman–Crippen LogP) is 1.83. The summed E-state index contributed by atoms with van der Waals surface area (Å²) in [6.45, 7) is 0. The van der Waals surface area contributed by atoms with Gasteiger partial charge < -0.3 is 10.4 Å². The van der Waals surface area contributed by atoms with Crippen molar-refractivity contribution in [3.63, 3.8) is 0 Å². The Hall–Kier alpha value is -1.81. The third-order valence-corrected chi connectivity index (χ3v) is 1.77. The van der Waals surface area contributed by atoms with Gasteiger partial charge >= 0.3 is 5.97 Å². The maximum atomic E-state index is 11.2. The average Bonchev–Trinajstić information content (AvgIpc) is 2.18. The Labute approximate surface area is 91.2 Å². The molecule has 0 aliphatic carbocycles. The van der Waals surface area contributed by atoms with Gasteiger partial charge in [-0.2, -0.15) is 0 Å². The highest BCUT2D eigenvalue weighted by Gasteiger charge is 2.06. The lowest BCUT2D eigenvalue weighted by Gasteiger charge is -2.00. The number of aliphatic carboxylic acids is 1. The minimum absolute atomic E-state index is 0.525. The number of hydrogen-bond acceptors (Lipinski definition) is 2. The Morgan fingerprint density at radius 1 is 1.27 bits per heavy atom. The molecule has 0 fully saturated rings. The van der Waals surface area contributed by atoms with Gasteiger partial charge in [-0.25, -0.2) is 4.79 Å². The number of hydrogen-bond donors (Lipinski definition) is 2. The van der Waals surface area contributed by atoms with E-state index in [-0.39, 0.29) is 0 Å². The number of para-hydroxylation sites is 1. The highest BCUT2D eigenvalue weighted by atomic mass is 35.5. The van der Waals surface area contributed by atoms with Crippen molar-refractivity contribution in [2.45, 2.75) is 0 Å². The minimum Gasteiger partial charge on any atom is -0.477 e. The molecule has 2 N–H and O–H groups in total. The molecule has 5 heteroatoms. The van der Waals surface area contributed by atoms with Gasteiger partial charge in [-0.1, -0.05) is 29.8 Å². The van der Waals surface area contributed by atoms with E-state index in [1.807, 2.05) is 0 Å². The Morgan fingerprint density at radius 3 is 2.40 bits per heavy atom. The Morgan fingerprint density at radius 2 is 1.87 bits per heavy atom. The molecule has 0 saturated carbocycles. The van der Waals surface area contributed by atoms with Crippen LogP contribution < -0.4 is 5.32 Å². The second-order valence-electron chi connectivity index (χ2n) is 2.65. The van der Waals surface area contributed by atoms with Crippen LogP contribution >= 0.6 is 11.6 Å². The van der Waals surface area contributed by atoms with Crippen LogP contribution in [0.4, 0.5) is 5.69 Å². The first-order valence-corrected chi connectivity index (χ1v) is 4.44. The minimum atomic E-state index is -1.33. The third kappa shape index (κ3) is 3.83. The van der Waals surface area contributed by atoms with Gasteiger partial charge in [0.05, 0.1) is 0 Å². The van der Waals surface area contributed by atoms with Crippen molar-refractivity contribution >= 4 is 29.2 Å². The molecule has 1 amide bonds. The van der Waals surface area contributed by atoms with Crippen molar-refractivity contribution in [3.8, 4) is 0 Å². The molecule has 0 saturated heterocycles. The number of benzene rings is 1. The lowest BCUT2D eigenvalue weighted by Crippen LogP contribution is -2.09. The first kappa shape index (κ1) is 11.3. The first-order valence-electron chi connectivity index (χ1n) is 4.06. The summed E-state index contributed by atoms with van der Waals surface area (Å²) in [6.07, 6.45) is 0.816. The van der Waals surface area contributed by atoms with E-state index < -0.39 is 16.9 Å². The van der Waals surface area contributed by atoms with Crippen LogP contribution in [0.1, 0.15) is 0 Å². The number of carboxylic acid groups (broad SMARTS) is 1. The van der Waals surface area contributed by atoms with Gasteiger partial charge in [-0.3, -0.25) is 4.79 Å². The number of carboxylic acids is 1. The topological polar surface area (TPSA) is 66.4 Å². The van der Waals surface area contributed by atoms with E-state index in [0.717, 1.165) is 6.08 Å². The normalized spacial score (nSPS) is 10.9. The van der Waals surface area contributed by atoms with E-state index in [2.05, 4.69) is 5.32 Å². The number of halogens is 1. The molecule has 0 spiro atoms. The van der Waals surface area contributed by atoms with Crippen LogP contribution in [-0.2, 0) is 9.59 Å². The molecule has 0 heterocycles. The summed E-state index contributed by atoms with van der Waals surface area (Å²) in [7, 11) is 0. The van der Waals surface area contributed by atoms with E-state index in [0.29, 0.717) is 5.69 Å². The molecule has 1 rings (SSSR count). The molecular formula is C10H8ClNO3. The molecular weight excluding hydrogens is 218 g/mol. The average molecular weight is 226 g/mol. The third-order valence-electron chi connectivity index (χ3n) is 1.50. The molecule has 1 aromatic rings. The number of nitrogens with one attached hydrogen (secondary N) is 1. The molecule has 15 heavy (non-hydrogen) atoms. The molecule has 1 aromatic carbocycles. The summed E-state index contributed by atoms with van der Waals surface area (Å²) < 4.78 is 0. The van der Waals surface area contributed by atoms with Crippen LogP contribution in [0.2, 0.25) is 0 Å². The van der Waals surface area contributed by atoms with Crippen LogP contribution in [0.3, 0.4) is 0 Å². The molecule has 0 aromatic heterocycles. The molecule has 0 atom stereocenters. The largest absolute Gasteiger partial charge is 0.477 e. The Bertz CT molecular complexity index is 400. The number of carbonyl (C=O) groups excluding carboxylic acids is 1. The second-order valence-corrected chi connectivity index (χ2v) is 3.06. The number of anilines is 1. The summed E-state index contributed by atoms with van der Waals surface area (Å²) in [5.74, 6) is -1.91. The van der Waals surface area contributed by atoms with Crippen molar-refractivity contribution in [2.75, 3.05) is 5.32 Å². The SMILES string of the molecule is O=C(C=C(Cl)C(=O)O)Nc1ccccc1. The highest BCUT2D eigenvalue weighted by molar-refractivity contribution is 6.42. The van der Waals surface area contributed by atoms with Crippen LogP contribution in [-0.4, -0.2) is 17.0 Å². The zero-order valence-electron chi connectivity index (χ0n) is 7.61. The first-order chi connectivity index (χ1) is 7.09. The molecule has 4 nitrogen and oxygen atoms in total. The van der Waals surface area contributed by atoms with E-state index >= 15 is 0 Å². The summed E-state index contributed by atoms with van der Waals surface area (Å²) in [6, 6.07) is 8.66. The van der Waals surface area contributed by atoms with Gasteiger partial charge in [0.15, 0.2) is 0 Å². The van der Waals surface area contributed by atoms with Crippen molar-refractivity contribution in [2.24, 2.45) is 0 Å².